The third-order valence-corrected chi connectivity index (χ3v) is 2.27. The first kappa shape index (κ1) is 13.6. The summed E-state index contributed by atoms with van der Waals surface area (Å²) in [5, 5.41) is 0. The van der Waals surface area contributed by atoms with Crippen molar-refractivity contribution < 1.29 is 9.59 Å². The highest BCUT2D eigenvalue weighted by Gasteiger charge is 2.17. The van der Waals surface area contributed by atoms with Crippen LogP contribution in [0.15, 0.2) is 0 Å². The summed E-state index contributed by atoms with van der Waals surface area (Å²) >= 11 is 7.40. The van der Waals surface area contributed by atoms with Gasteiger partial charge >= 0.3 is 11.8 Å². The Kier molecular flexibility index (Phi) is 6.82. The number of amides is 2. The molecule has 0 heterocycles. The lowest BCUT2D eigenvalue weighted by molar-refractivity contribution is -0.141. The quantitative estimate of drug-likeness (QED) is 0.505. The highest BCUT2D eigenvalue weighted by molar-refractivity contribution is 7.79. The number of thiol groups is 2. The van der Waals surface area contributed by atoms with Gasteiger partial charge in [0, 0.05) is 6.54 Å². The van der Waals surface area contributed by atoms with E-state index in [0.717, 1.165) is 17.1 Å². The van der Waals surface area contributed by atoms with Gasteiger partial charge in [-0.1, -0.05) is 39.5 Å². The molecule has 0 aliphatic heterocycles. The fraction of sp³-hybridized carbons (Fsp3) is 0.750. The Hall–Kier alpha value is -0.360. The maximum absolute atomic E-state index is 11.1. The van der Waals surface area contributed by atoms with Gasteiger partial charge in [0.15, 0.2) is 0 Å². The van der Waals surface area contributed by atoms with E-state index in [1.165, 1.54) is 0 Å². The zero-order valence-electron chi connectivity index (χ0n) is 8.36. The Morgan fingerprint density at radius 1 is 1.43 bits per heavy atom. The number of hydrogen-bond donors (Lipinski definition) is 3. The van der Waals surface area contributed by atoms with E-state index in [4.69, 9.17) is 0 Å². The van der Waals surface area contributed by atoms with Gasteiger partial charge < -0.3 is 0 Å². The van der Waals surface area contributed by atoms with Gasteiger partial charge in [-0.2, -0.15) is 0 Å². The predicted octanol–water partition coefficient (Wildman–Crippen LogP) is 1.06. The standard InChI is InChI=1S/C8H16N2O2S2/c1-6(2)4-3-5-10(14)8(12)7(11)9-13/h6,13-14H,3-5H2,1-2H3,(H,9,11). The number of rotatable bonds is 4. The van der Waals surface area contributed by atoms with Crippen LogP contribution in [0.2, 0.25) is 0 Å². The molecule has 0 spiro atoms. The molecule has 0 aromatic carbocycles. The highest BCUT2D eigenvalue weighted by Crippen LogP contribution is 2.06. The lowest BCUT2D eigenvalue weighted by Crippen LogP contribution is -2.35. The average molecular weight is 236 g/mol. The van der Waals surface area contributed by atoms with Gasteiger partial charge in [-0.05, 0) is 18.8 Å². The SMILES string of the molecule is CC(C)CCCN(S)C(=O)C(=O)NS. The molecule has 2 amide bonds. The second-order valence-electron chi connectivity index (χ2n) is 3.41. The second kappa shape index (κ2) is 7.00. The van der Waals surface area contributed by atoms with Crippen LogP contribution >= 0.6 is 25.6 Å². The molecule has 0 aliphatic carbocycles. The first-order valence-corrected chi connectivity index (χ1v) is 5.28. The van der Waals surface area contributed by atoms with Gasteiger partial charge in [-0.3, -0.25) is 18.6 Å². The van der Waals surface area contributed by atoms with E-state index >= 15 is 0 Å². The Balaban J connectivity index is 3.79. The number of nitrogens with zero attached hydrogens (tertiary/aromatic N) is 1. The molecule has 82 valence electrons. The van der Waals surface area contributed by atoms with Crippen LogP contribution in [0.25, 0.3) is 0 Å². The molecule has 0 bridgehead atoms. The monoisotopic (exact) mass is 236 g/mol. The molecule has 0 aromatic rings. The van der Waals surface area contributed by atoms with Crippen molar-refractivity contribution >= 4 is 37.4 Å². The predicted molar refractivity (Wildman–Crippen MR) is 61.9 cm³/mol. The van der Waals surface area contributed by atoms with Crippen LogP contribution in [0.5, 0.6) is 0 Å². The van der Waals surface area contributed by atoms with Gasteiger partial charge in [0.1, 0.15) is 0 Å². The maximum Gasteiger partial charge on any atom is 0.322 e. The lowest BCUT2D eigenvalue weighted by Gasteiger charge is -2.14. The third-order valence-electron chi connectivity index (χ3n) is 1.68. The van der Waals surface area contributed by atoms with Gasteiger partial charge in [0.2, 0.25) is 0 Å². The minimum atomic E-state index is -0.757. The summed E-state index contributed by atoms with van der Waals surface area (Å²) < 4.78 is 3.07. The van der Waals surface area contributed by atoms with E-state index in [9.17, 15) is 9.59 Å². The molecule has 6 heteroatoms. The number of carbonyl (C=O) groups is 2. The van der Waals surface area contributed by atoms with Crippen LogP contribution in [-0.2, 0) is 9.59 Å². The van der Waals surface area contributed by atoms with E-state index in [2.05, 4.69) is 39.5 Å². The van der Waals surface area contributed by atoms with E-state index < -0.39 is 11.8 Å². The van der Waals surface area contributed by atoms with E-state index in [1.54, 1.807) is 0 Å². The first-order chi connectivity index (χ1) is 6.49. The molecule has 0 fully saturated rings. The van der Waals surface area contributed by atoms with Gasteiger partial charge in [0.05, 0.1) is 0 Å². The van der Waals surface area contributed by atoms with Crippen LogP contribution in [-0.4, -0.2) is 22.7 Å². The molecule has 0 saturated carbocycles. The molecule has 0 aliphatic rings. The van der Waals surface area contributed by atoms with Gasteiger partial charge in [0.25, 0.3) is 0 Å². The van der Waals surface area contributed by atoms with Crippen molar-refractivity contribution in [2.45, 2.75) is 26.7 Å². The Morgan fingerprint density at radius 2 is 2.00 bits per heavy atom. The fourth-order valence-corrected chi connectivity index (χ4v) is 1.24. The Morgan fingerprint density at radius 3 is 2.43 bits per heavy atom. The lowest BCUT2D eigenvalue weighted by atomic mass is 10.1. The van der Waals surface area contributed by atoms with E-state index in [0.29, 0.717) is 12.5 Å². The van der Waals surface area contributed by atoms with Crippen LogP contribution < -0.4 is 4.72 Å². The van der Waals surface area contributed by atoms with Gasteiger partial charge in [-0.15, -0.1) is 0 Å². The fourth-order valence-electron chi connectivity index (χ4n) is 0.916. The molecule has 0 radical (unpaired) electrons. The van der Waals surface area contributed by atoms with Crippen molar-refractivity contribution in [1.29, 1.82) is 0 Å². The van der Waals surface area contributed by atoms with Crippen molar-refractivity contribution in [1.82, 2.24) is 9.03 Å². The van der Waals surface area contributed by atoms with Crippen LogP contribution in [0, 0.1) is 5.92 Å². The molecule has 0 atom stereocenters. The summed E-state index contributed by atoms with van der Waals surface area (Å²) in [6, 6.07) is 0. The second-order valence-corrected chi connectivity index (χ2v) is 4.11. The summed E-state index contributed by atoms with van der Waals surface area (Å²) in [6.45, 7) is 4.68. The summed E-state index contributed by atoms with van der Waals surface area (Å²) in [6.07, 6.45) is 1.85. The summed E-state index contributed by atoms with van der Waals surface area (Å²) in [4.78, 5) is 22.0. The number of carbonyl (C=O) groups excluding carboxylic acids is 2. The minimum Gasteiger partial charge on any atom is -0.294 e. The smallest absolute Gasteiger partial charge is 0.294 e. The number of hydrogen-bond acceptors (Lipinski definition) is 4. The Bertz CT molecular complexity index is 210. The molecule has 1 N–H and O–H groups in total. The van der Waals surface area contributed by atoms with E-state index in [1.807, 2.05) is 4.72 Å². The van der Waals surface area contributed by atoms with Crippen LogP contribution in [0.1, 0.15) is 26.7 Å². The van der Waals surface area contributed by atoms with Crippen molar-refractivity contribution in [2.24, 2.45) is 5.92 Å². The highest BCUT2D eigenvalue weighted by atomic mass is 32.1. The topological polar surface area (TPSA) is 49.4 Å². The largest absolute Gasteiger partial charge is 0.322 e. The molecule has 0 unspecified atom stereocenters. The molecule has 4 nitrogen and oxygen atoms in total. The van der Waals surface area contributed by atoms with E-state index in [-0.39, 0.29) is 0 Å². The molecule has 0 aromatic heterocycles. The van der Waals surface area contributed by atoms with Crippen molar-refractivity contribution in [3.63, 3.8) is 0 Å². The zero-order valence-corrected chi connectivity index (χ0v) is 10.1. The molecule has 14 heavy (non-hydrogen) atoms. The average Bonchev–Trinajstić information content (AvgIpc) is 2.14. The summed E-state index contributed by atoms with van der Waals surface area (Å²) in [5.41, 5.74) is 0. The van der Waals surface area contributed by atoms with Crippen molar-refractivity contribution in [3.05, 3.63) is 0 Å². The Labute approximate surface area is 95.5 Å². The van der Waals surface area contributed by atoms with Gasteiger partial charge in [-0.25, -0.2) is 0 Å². The first-order valence-electron chi connectivity index (χ1n) is 4.43. The van der Waals surface area contributed by atoms with Crippen LogP contribution in [0.3, 0.4) is 0 Å². The number of nitrogens with one attached hydrogen (secondary N) is 1. The van der Waals surface area contributed by atoms with Crippen LogP contribution in [0.4, 0.5) is 0 Å². The van der Waals surface area contributed by atoms with Crippen molar-refractivity contribution in [3.8, 4) is 0 Å². The maximum atomic E-state index is 11.1. The summed E-state index contributed by atoms with van der Waals surface area (Å²) in [5.74, 6) is -0.842. The zero-order chi connectivity index (χ0) is 11.1. The molecular formula is C8H16N2O2S2. The molecular weight excluding hydrogens is 220 g/mol. The minimum absolute atomic E-state index is 0.474. The molecule has 0 rings (SSSR count). The molecule has 0 saturated heterocycles. The third kappa shape index (κ3) is 5.39. The van der Waals surface area contributed by atoms with Crippen molar-refractivity contribution in [2.75, 3.05) is 6.54 Å². The summed E-state index contributed by atoms with van der Waals surface area (Å²) in [7, 11) is 0. The normalized spacial score (nSPS) is 10.1.